The van der Waals surface area contributed by atoms with Gasteiger partial charge in [-0.1, -0.05) is 0 Å². The Labute approximate surface area is 93.7 Å². The van der Waals surface area contributed by atoms with Crippen molar-refractivity contribution in [1.82, 2.24) is 4.57 Å². The van der Waals surface area contributed by atoms with Gasteiger partial charge in [0.25, 0.3) is 0 Å². The molecule has 0 saturated carbocycles. The largest absolute Gasteiger partial charge is 0.387 e. The quantitative estimate of drug-likeness (QED) is 0.641. The molecule has 16 heavy (non-hydrogen) atoms. The molecule has 6 heteroatoms. The summed E-state index contributed by atoms with van der Waals surface area (Å²) in [6.07, 6.45) is -0.884. The summed E-state index contributed by atoms with van der Waals surface area (Å²) in [7, 11) is 3.39. The first kappa shape index (κ1) is 12.1. The van der Waals surface area contributed by atoms with Gasteiger partial charge in [-0.05, 0) is 6.92 Å². The van der Waals surface area contributed by atoms with E-state index in [9.17, 15) is 5.11 Å². The van der Waals surface area contributed by atoms with Crippen molar-refractivity contribution in [3.63, 3.8) is 0 Å². The van der Waals surface area contributed by atoms with Gasteiger partial charge in [-0.15, -0.1) is 0 Å². The lowest BCUT2D eigenvalue weighted by Crippen LogP contribution is -2.27. The minimum absolute atomic E-state index is 0.361. The molecule has 1 unspecified atom stereocenters. The zero-order valence-electron chi connectivity index (χ0n) is 9.52. The van der Waals surface area contributed by atoms with E-state index in [2.05, 4.69) is 10.3 Å². The van der Waals surface area contributed by atoms with Gasteiger partial charge >= 0.3 is 0 Å². The molecular weight excluding hydrogens is 206 g/mol. The van der Waals surface area contributed by atoms with E-state index in [-0.39, 0.29) is 0 Å². The highest BCUT2D eigenvalue weighted by atomic mass is 16.3. The van der Waals surface area contributed by atoms with E-state index in [1.807, 2.05) is 6.07 Å². The van der Waals surface area contributed by atoms with Crippen molar-refractivity contribution < 1.29 is 5.11 Å². The normalized spacial score (nSPS) is 13.3. The highest BCUT2D eigenvalue weighted by Crippen LogP contribution is 2.13. The molecule has 0 radical (unpaired) electrons. The van der Waals surface area contributed by atoms with Gasteiger partial charge in [-0.2, -0.15) is 5.26 Å². The number of anilines is 2. The zero-order valence-corrected chi connectivity index (χ0v) is 9.52. The van der Waals surface area contributed by atoms with Crippen LogP contribution in [-0.4, -0.2) is 22.9 Å². The Hall–Kier alpha value is -2.00. The van der Waals surface area contributed by atoms with Crippen LogP contribution in [0.2, 0.25) is 0 Å². The molecule has 0 fully saturated rings. The molecule has 0 spiro atoms. The fourth-order valence-electron chi connectivity index (χ4n) is 1.36. The Morgan fingerprint density at radius 3 is 2.75 bits per heavy atom. The number of nitriles is 1. The predicted octanol–water partition coefficient (Wildman–Crippen LogP) is -0.240. The summed E-state index contributed by atoms with van der Waals surface area (Å²) in [5, 5.41) is 21.2. The third-order valence-corrected chi connectivity index (χ3v) is 2.18. The summed E-state index contributed by atoms with van der Waals surface area (Å²) in [5.41, 5.74) is 7.09. The minimum atomic E-state index is -0.884. The molecule has 86 valence electrons. The fourth-order valence-corrected chi connectivity index (χ4v) is 1.36. The van der Waals surface area contributed by atoms with E-state index in [4.69, 9.17) is 11.0 Å². The molecule has 0 aliphatic rings. The van der Waals surface area contributed by atoms with Gasteiger partial charge in [0.2, 0.25) is 0 Å². The number of nitrogens with zero attached hydrogens (tertiary/aromatic N) is 3. The Kier molecular flexibility index (Phi) is 3.53. The van der Waals surface area contributed by atoms with E-state index in [0.717, 1.165) is 0 Å². The maximum atomic E-state index is 9.25. The molecule has 0 aliphatic heterocycles. The SMILES string of the molecule is CNc1cc(N)n(C)/c(=N/C(C)O)c1C#N. The average molecular weight is 221 g/mol. The summed E-state index contributed by atoms with van der Waals surface area (Å²) < 4.78 is 1.56. The Morgan fingerprint density at radius 1 is 1.69 bits per heavy atom. The monoisotopic (exact) mass is 221 g/mol. The average Bonchev–Trinajstić information content (AvgIpc) is 2.23. The van der Waals surface area contributed by atoms with Crippen molar-refractivity contribution in [2.45, 2.75) is 13.2 Å². The molecule has 0 aliphatic carbocycles. The number of hydrogen-bond acceptors (Lipinski definition) is 5. The van der Waals surface area contributed by atoms with E-state index < -0.39 is 6.23 Å². The lowest BCUT2D eigenvalue weighted by molar-refractivity contribution is 0.199. The number of aliphatic hydroxyl groups is 1. The molecule has 0 bridgehead atoms. The number of hydrogen-bond donors (Lipinski definition) is 3. The summed E-state index contributed by atoms with van der Waals surface area (Å²) in [6.45, 7) is 1.52. The van der Waals surface area contributed by atoms with Crippen molar-refractivity contribution >= 4 is 11.5 Å². The van der Waals surface area contributed by atoms with Crippen molar-refractivity contribution in [2.24, 2.45) is 12.0 Å². The predicted molar refractivity (Wildman–Crippen MR) is 61.3 cm³/mol. The third kappa shape index (κ3) is 2.15. The lowest BCUT2D eigenvalue weighted by Gasteiger charge is -2.11. The number of aliphatic hydroxyl groups excluding tert-OH is 1. The lowest BCUT2D eigenvalue weighted by atomic mass is 10.2. The molecule has 1 atom stereocenters. The van der Waals surface area contributed by atoms with E-state index >= 15 is 0 Å². The van der Waals surface area contributed by atoms with Crippen LogP contribution in [0.1, 0.15) is 12.5 Å². The van der Waals surface area contributed by atoms with Gasteiger partial charge < -0.3 is 20.7 Å². The van der Waals surface area contributed by atoms with Crippen LogP contribution in [-0.2, 0) is 7.05 Å². The molecule has 1 aromatic rings. The number of nitrogen functional groups attached to an aromatic ring is 1. The summed E-state index contributed by atoms with van der Waals surface area (Å²) in [5.74, 6) is 0.461. The molecule has 1 heterocycles. The van der Waals surface area contributed by atoms with Crippen molar-refractivity contribution in [3.8, 4) is 6.07 Å². The number of nitrogens with two attached hydrogens (primary N) is 1. The molecule has 0 aromatic carbocycles. The van der Waals surface area contributed by atoms with Crippen LogP contribution < -0.4 is 16.5 Å². The molecule has 1 aromatic heterocycles. The Balaban J connectivity index is 3.69. The molecule has 0 saturated heterocycles. The standard InChI is InChI=1S/C10H15N5O/c1-6(16)14-10-7(5-11)8(13-2)4-9(12)15(10)3/h4,6,13,16H,12H2,1-3H3/b14-10+. The second kappa shape index (κ2) is 4.68. The minimum Gasteiger partial charge on any atom is -0.387 e. The molecule has 0 amide bonds. The Bertz CT molecular complexity index is 495. The number of aromatic nitrogens is 1. The van der Waals surface area contributed by atoms with Crippen LogP contribution in [0.4, 0.5) is 11.5 Å². The van der Waals surface area contributed by atoms with Gasteiger partial charge in [0.1, 0.15) is 23.7 Å². The van der Waals surface area contributed by atoms with Crippen molar-refractivity contribution in [1.29, 1.82) is 5.26 Å². The van der Waals surface area contributed by atoms with E-state index in [0.29, 0.717) is 22.6 Å². The van der Waals surface area contributed by atoms with Crippen LogP contribution in [0.25, 0.3) is 0 Å². The van der Waals surface area contributed by atoms with Crippen LogP contribution in [0.3, 0.4) is 0 Å². The third-order valence-electron chi connectivity index (χ3n) is 2.18. The fraction of sp³-hybridized carbons (Fsp3) is 0.400. The topological polar surface area (TPSA) is 99.4 Å². The van der Waals surface area contributed by atoms with Crippen molar-refractivity contribution in [3.05, 3.63) is 17.1 Å². The van der Waals surface area contributed by atoms with Gasteiger partial charge in [0.15, 0.2) is 5.49 Å². The number of rotatable bonds is 2. The summed E-state index contributed by atoms with van der Waals surface area (Å²) in [6, 6.07) is 3.70. The summed E-state index contributed by atoms with van der Waals surface area (Å²) in [4.78, 5) is 3.98. The highest BCUT2D eigenvalue weighted by Gasteiger charge is 2.09. The van der Waals surface area contributed by atoms with E-state index in [1.54, 1.807) is 24.7 Å². The number of nitrogens with one attached hydrogen (secondary N) is 1. The molecular formula is C10H15N5O. The van der Waals surface area contributed by atoms with Crippen molar-refractivity contribution in [2.75, 3.05) is 18.1 Å². The first-order valence-corrected chi connectivity index (χ1v) is 4.80. The smallest absolute Gasteiger partial charge is 0.151 e. The highest BCUT2D eigenvalue weighted by molar-refractivity contribution is 5.60. The maximum absolute atomic E-state index is 9.25. The van der Waals surface area contributed by atoms with Gasteiger partial charge in [-0.25, -0.2) is 4.99 Å². The van der Waals surface area contributed by atoms with Crippen LogP contribution in [0.5, 0.6) is 0 Å². The molecule has 4 N–H and O–H groups in total. The van der Waals surface area contributed by atoms with Gasteiger partial charge in [0, 0.05) is 20.2 Å². The maximum Gasteiger partial charge on any atom is 0.151 e. The van der Waals surface area contributed by atoms with Gasteiger partial charge in [-0.3, -0.25) is 0 Å². The zero-order chi connectivity index (χ0) is 12.3. The van der Waals surface area contributed by atoms with Crippen LogP contribution in [0, 0.1) is 11.3 Å². The van der Waals surface area contributed by atoms with E-state index in [1.165, 1.54) is 6.92 Å². The first-order valence-electron chi connectivity index (χ1n) is 4.80. The Morgan fingerprint density at radius 2 is 2.31 bits per heavy atom. The second-order valence-corrected chi connectivity index (χ2v) is 3.36. The number of pyridine rings is 1. The molecule has 6 nitrogen and oxygen atoms in total. The first-order chi connectivity index (χ1) is 7.51. The molecule has 1 rings (SSSR count). The van der Waals surface area contributed by atoms with Crippen LogP contribution in [0.15, 0.2) is 11.1 Å². The second-order valence-electron chi connectivity index (χ2n) is 3.36. The van der Waals surface area contributed by atoms with Gasteiger partial charge in [0.05, 0.1) is 5.69 Å². The summed E-state index contributed by atoms with van der Waals surface area (Å²) >= 11 is 0. The van der Waals surface area contributed by atoms with Crippen LogP contribution >= 0.6 is 0 Å².